The molecule has 0 bridgehead atoms. The van der Waals surface area contributed by atoms with Gasteiger partial charge in [0.05, 0.1) is 0 Å². The van der Waals surface area contributed by atoms with Crippen LogP contribution in [0.25, 0.3) is 0 Å². The molecular weight excluding hydrogens is 276 g/mol. The molecule has 0 aliphatic heterocycles. The summed E-state index contributed by atoms with van der Waals surface area (Å²) in [5.41, 5.74) is 2.06. The number of ether oxygens (including phenoxy) is 1. The van der Waals surface area contributed by atoms with Gasteiger partial charge in [0, 0.05) is 25.7 Å². The largest absolute Gasteiger partial charge is 0.444 e. The number of hydrogen-bond donors (Lipinski definition) is 1. The summed E-state index contributed by atoms with van der Waals surface area (Å²) in [5, 5.41) is 3.38. The van der Waals surface area contributed by atoms with Gasteiger partial charge in [0.2, 0.25) is 0 Å². The Bertz CT molecular complexity index is 478. The molecule has 0 saturated carbocycles. The van der Waals surface area contributed by atoms with Crippen LogP contribution in [0.1, 0.15) is 45.7 Å². The molecule has 0 spiro atoms. The first-order valence-corrected chi connectivity index (χ1v) is 7.95. The van der Waals surface area contributed by atoms with Crippen molar-refractivity contribution in [3.8, 4) is 0 Å². The van der Waals surface area contributed by atoms with Crippen molar-refractivity contribution in [2.24, 2.45) is 0 Å². The molecule has 1 aromatic rings. The minimum atomic E-state index is -0.459. The molecule has 4 nitrogen and oxygen atoms in total. The third-order valence-electron chi connectivity index (χ3n) is 3.19. The number of carbonyl (C=O) groups excluding carboxylic acids is 1. The van der Waals surface area contributed by atoms with Crippen LogP contribution >= 0.6 is 0 Å². The third-order valence-corrected chi connectivity index (χ3v) is 3.19. The maximum Gasteiger partial charge on any atom is 0.410 e. The number of hydrogen-bond acceptors (Lipinski definition) is 3. The van der Waals surface area contributed by atoms with Crippen LogP contribution < -0.4 is 5.32 Å². The van der Waals surface area contributed by atoms with Crippen LogP contribution in [0.2, 0.25) is 0 Å². The highest BCUT2D eigenvalue weighted by Gasteiger charge is 2.23. The monoisotopic (exact) mass is 306 g/mol. The maximum absolute atomic E-state index is 12.2. The van der Waals surface area contributed by atoms with Gasteiger partial charge in [0.25, 0.3) is 0 Å². The van der Waals surface area contributed by atoms with Gasteiger partial charge in [0.15, 0.2) is 0 Å². The van der Waals surface area contributed by atoms with E-state index in [4.69, 9.17) is 4.74 Å². The summed E-state index contributed by atoms with van der Waals surface area (Å²) in [6, 6.07) is 8.55. The number of rotatable bonds is 6. The Hall–Kier alpha value is -1.55. The zero-order valence-electron chi connectivity index (χ0n) is 14.8. The van der Waals surface area contributed by atoms with Gasteiger partial charge in [-0.1, -0.05) is 29.8 Å². The summed E-state index contributed by atoms with van der Waals surface area (Å²) in [4.78, 5) is 13.9. The highest BCUT2D eigenvalue weighted by atomic mass is 16.6. The SMILES string of the molecule is Cc1cccc(CNCCN(C(=O)OC(C)(C)C)C(C)C)c1. The highest BCUT2D eigenvalue weighted by molar-refractivity contribution is 5.68. The Morgan fingerprint density at radius 1 is 1.32 bits per heavy atom. The van der Waals surface area contributed by atoms with Gasteiger partial charge in [0.1, 0.15) is 5.60 Å². The Kier molecular flexibility index (Phi) is 6.88. The van der Waals surface area contributed by atoms with Gasteiger partial charge < -0.3 is 15.0 Å². The predicted molar refractivity (Wildman–Crippen MR) is 91.0 cm³/mol. The van der Waals surface area contributed by atoms with E-state index in [0.717, 1.165) is 13.1 Å². The fraction of sp³-hybridized carbons (Fsp3) is 0.611. The number of nitrogens with one attached hydrogen (secondary N) is 1. The van der Waals surface area contributed by atoms with Crippen molar-refractivity contribution in [1.29, 1.82) is 0 Å². The quantitative estimate of drug-likeness (QED) is 0.814. The molecule has 0 aliphatic carbocycles. The fourth-order valence-electron chi connectivity index (χ4n) is 2.14. The lowest BCUT2D eigenvalue weighted by molar-refractivity contribution is 0.0193. The first-order chi connectivity index (χ1) is 10.2. The van der Waals surface area contributed by atoms with Crippen LogP contribution in [0.5, 0.6) is 0 Å². The summed E-state index contributed by atoms with van der Waals surface area (Å²) in [6.07, 6.45) is -0.250. The highest BCUT2D eigenvalue weighted by Crippen LogP contribution is 2.11. The predicted octanol–water partition coefficient (Wildman–Crippen LogP) is 3.73. The van der Waals surface area contributed by atoms with Crippen molar-refractivity contribution in [3.05, 3.63) is 35.4 Å². The summed E-state index contributed by atoms with van der Waals surface area (Å²) >= 11 is 0. The second-order valence-corrected chi connectivity index (χ2v) is 6.93. The Morgan fingerprint density at radius 3 is 2.55 bits per heavy atom. The Labute approximate surface area is 134 Å². The molecule has 0 aromatic heterocycles. The molecule has 1 aromatic carbocycles. The molecule has 0 saturated heterocycles. The number of aryl methyl sites for hydroxylation is 1. The molecule has 0 radical (unpaired) electrons. The van der Waals surface area contributed by atoms with E-state index in [9.17, 15) is 4.79 Å². The van der Waals surface area contributed by atoms with Crippen LogP contribution in [-0.2, 0) is 11.3 Å². The van der Waals surface area contributed by atoms with Crippen LogP contribution in [-0.4, -0.2) is 35.7 Å². The van der Waals surface area contributed by atoms with Crippen molar-refractivity contribution in [1.82, 2.24) is 10.2 Å². The molecular formula is C18H30N2O2. The average Bonchev–Trinajstić information content (AvgIpc) is 2.35. The molecule has 22 heavy (non-hydrogen) atoms. The minimum absolute atomic E-state index is 0.121. The van der Waals surface area contributed by atoms with Crippen LogP contribution in [0, 0.1) is 6.92 Å². The van der Waals surface area contributed by atoms with E-state index in [2.05, 4.69) is 36.5 Å². The lowest BCUT2D eigenvalue weighted by Gasteiger charge is -2.30. The minimum Gasteiger partial charge on any atom is -0.444 e. The number of carbonyl (C=O) groups is 1. The van der Waals surface area contributed by atoms with Crippen LogP contribution in [0.3, 0.4) is 0 Å². The van der Waals surface area contributed by atoms with Crippen molar-refractivity contribution in [2.45, 2.75) is 59.7 Å². The first kappa shape index (κ1) is 18.5. The lowest BCUT2D eigenvalue weighted by Crippen LogP contribution is -2.44. The van der Waals surface area contributed by atoms with Gasteiger partial charge in [-0.05, 0) is 47.1 Å². The van der Waals surface area contributed by atoms with Crippen molar-refractivity contribution >= 4 is 6.09 Å². The molecule has 0 aliphatic rings. The summed E-state index contributed by atoms with van der Waals surface area (Å²) in [6.45, 7) is 13.9. The van der Waals surface area contributed by atoms with Crippen molar-refractivity contribution < 1.29 is 9.53 Å². The van der Waals surface area contributed by atoms with E-state index >= 15 is 0 Å². The van der Waals surface area contributed by atoms with Crippen molar-refractivity contribution in [3.63, 3.8) is 0 Å². The zero-order valence-corrected chi connectivity index (χ0v) is 14.8. The summed E-state index contributed by atoms with van der Waals surface area (Å²) in [5.74, 6) is 0. The zero-order chi connectivity index (χ0) is 16.8. The topological polar surface area (TPSA) is 41.6 Å². The molecule has 0 atom stereocenters. The van der Waals surface area contributed by atoms with E-state index in [0.29, 0.717) is 6.54 Å². The third kappa shape index (κ3) is 6.94. The molecule has 1 amide bonds. The van der Waals surface area contributed by atoms with Crippen LogP contribution in [0.4, 0.5) is 4.79 Å². The smallest absolute Gasteiger partial charge is 0.410 e. The number of benzene rings is 1. The second-order valence-electron chi connectivity index (χ2n) is 6.93. The maximum atomic E-state index is 12.2. The number of amides is 1. The molecule has 0 heterocycles. The van der Waals surface area contributed by atoms with Gasteiger partial charge in [-0.15, -0.1) is 0 Å². The van der Waals surface area contributed by atoms with Gasteiger partial charge in [-0.3, -0.25) is 0 Å². The molecule has 4 heteroatoms. The Balaban J connectivity index is 2.43. The lowest BCUT2D eigenvalue weighted by atomic mass is 10.1. The van der Waals surface area contributed by atoms with E-state index < -0.39 is 5.60 Å². The van der Waals surface area contributed by atoms with Crippen molar-refractivity contribution in [2.75, 3.05) is 13.1 Å². The Morgan fingerprint density at radius 2 is 2.00 bits per heavy atom. The summed E-state index contributed by atoms with van der Waals surface area (Å²) < 4.78 is 5.45. The van der Waals surface area contributed by atoms with E-state index in [-0.39, 0.29) is 12.1 Å². The molecule has 1 rings (SSSR count). The first-order valence-electron chi connectivity index (χ1n) is 7.95. The van der Waals surface area contributed by atoms with Crippen LogP contribution in [0.15, 0.2) is 24.3 Å². The molecule has 1 N–H and O–H groups in total. The molecule has 124 valence electrons. The summed E-state index contributed by atoms with van der Waals surface area (Å²) in [7, 11) is 0. The van der Waals surface area contributed by atoms with Gasteiger partial charge >= 0.3 is 6.09 Å². The molecule has 0 fully saturated rings. The molecule has 0 unspecified atom stereocenters. The normalized spacial score (nSPS) is 11.6. The van der Waals surface area contributed by atoms with Gasteiger partial charge in [-0.25, -0.2) is 4.79 Å². The van der Waals surface area contributed by atoms with Gasteiger partial charge in [-0.2, -0.15) is 0 Å². The number of nitrogens with zero attached hydrogens (tertiary/aromatic N) is 1. The fourth-order valence-corrected chi connectivity index (χ4v) is 2.14. The van der Waals surface area contributed by atoms with E-state index in [1.165, 1.54) is 11.1 Å². The standard InChI is InChI=1S/C18H30N2O2/c1-14(2)20(17(21)22-18(4,5)6)11-10-19-13-16-9-7-8-15(3)12-16/h7-9,12,14,19H,10-11,13H2,1-6H3. The van der Waals surface area contributed by atoms with E-state index in [1.807, 2.05) is 34.6 Å². The average molecular weight is 306 g/mol. The second kappa shape index (κ2) is 8.18. The van der Waals surface area contributed by atoms with E-state index in [1.54, 1.807) is 4.90 Å².